The number of primary amides is 1. The predicted molar refractivity (Wildman–Crippen MR) is 71.7 cm³/mol. The first-order valence-corrected chi connectivity index (χ1v) is 7.22. The van der Waals surface area contributed by atoms with E-state index in [-0.39, 0.29) is 24.2 Å². The van der Waals surface area contributed by atoms with Gasteiger partial charge in [-0.15, -0.1) is 0 Å². The Kier molecular flexibility index (Phi) is 4.30. The molecule has 2 amide bonds. The van der Waals surface area contributed by atoms with Crippen LogP contribution in [0, 0.1) is 11.3 Å². The van der Waals surface area contributed by atoms with Gasteiger partial charge in [0.25, 0.3) is 0 Å². The van der Waals surface area contributed by atoms with E-state index in [0.29, 0.717) is 32.4 Å². The first-order valence-electron chi connectivity index (χ1n) is 7.22. The number of piperidine rings is 1. The van der Waals surface area contributed by atoms with Gasteiger partial charge in [0.05, 0.1) is 5.41 Å². The van der Waals surface area contributed by atoms with Crippen molar-refractivity contribution in [1.29, 1.82) is 0 Å². The molecule has 20 heavy (non-hydrogen) atoms. The van der Waals surface area contributed by atoms with Gasteiger partial charge in [-0.2, -0.15) is 0 Å². The predicted octanol–water partition coefficient (Wildman–Crippen LogP) is 0.745. The van der Waals surface area contributed by atoms with Crippen molar-refractivity contribution in [2.45, 2.75) is 44.9 Å². The minimum Gasteiger partial charge on any atom is -0.481 e. The van der Waals surface area contributed by atoms with Gasteiger partial charge in [-0.1, -0.05) is 6.42 Å². The standard InChI is InChI=1S/C14H22N2O4/c15-11(17)8-10-2-6-16(7-3-10)12(18)9-14(13(19)20)4-1-5-14/h10H,1-9H2,(H2,15,17)(H,19,20). The third-order valence-electron chi connectivity index (χ3n) is 4.71. The van der Waals surface area contributed by atoms with Crippen LogP contribution in [0.2, 0.25) is 0 Å². The molecular weight excluding hydrogens is 260 g/mol. The van der Waals surface area contributed by atoms with Gasteiger partial charge in [-0.05, 0) is 31.6 Å². The van der Waals surface area contributed by atoms with Crippen molar-refractivity contribution in [3.05, 3.63) is 0 Å². The number of hydrogen-bond acceptors (Lipinski definition) is 3. The average molecular weight is 282 g/mol. The fourth-order valence-electron chi connectivity index (χ4n) is 3.14. The van der Waals surface area contributed by atoms with Crippen LogP contribution in [0.4, 0.5) is 0 Å². The van der Waals surface area contributed by atoms with Crippen molar-refractivity contribution < 1.29 is 19.5 Å². The molecule has 1 aliphatic carbocycles. The summed E-state index contributed by atoms with van der Waals surface area (Å²) in [6.07, 6.45) is 4.13. The Labute approximate surface area is 118 Å². The molecule has 0 bridgehead atoms. The highest BCUT2D eigenvalue weighted by atomic mass is 16.4. The van der Waals surface area contributed by atoms with Crippen LogP contribution in [-0.2, 0) is 14.4 Å². The van der Waals surface area contributed by atoms with Gasteiger partial charge in [0.1, 0.15) is 0 Å². The highest BCUT2D eigenvalue weighted by molar-refractivity contribution is 5.85. The zero-order valence-electron chi connectivity index (χ0n) is 11.6. The summed E-state index contributed by atoms with van der Waals surface area (Å²) in [7, 11) is 0. The summed E-state index contributed by atoms with van der Waals surface area (Å²) in [6, 6.07) is 0. The number of carboxylic acids is 1. The van der Waals surface area contributed by atoms with Gasteiger partial charge < -0.3 is 15.7 Å². The van der Waals surface area contributed by atoms with Crippen molar-refractivity contribution >= 4 is 17.8 Å². The van der Waals surface area contributed by atoms with E-state index in [4.69, 9.17) is 5.73 Å². The second-order valence-corrected chi connectivity index (χ2v) is 6.11. The molecule has 2 rings (SSSR count). The average Bonchev–Trinajstić information content (AvgIpc) is 2.33. The summed E-state index contributed by atoms with van der Waals surface area (Å²) in [5.74, 6) is -0.951. The number of carboxylic acid groups (broad SMARTS) is 1. The molecule has 1 saturated heterocycles. The Morgan fingerprint density at radius 2 is 1.80 bits per heavy atom. The van der Waals surface area contributed by atoms with Gasteiger partial charge in [0.15, 0.2) is 0 Å². The molecule has 0 atom stereocenters. The van der Waals surface area contributed by atoms with Crippen LogP contribution in [0.1, 0.15) is 44.9 Å². The maximum Gasteiger partial charge on any atom is 0.310 e. The number of likely N-dealkylation sites (tertiary alicyclic amines) is 1. The molecule has 0 aromatic carbocycles. The lowest BCUT2D eigenvalue weighted by Gasteiger charge is -2.39. The second kappa shape index (κ2) is 5.81. The molecule has 6 heteroatoms. The van der Waals surface area contributed by atoms with Crippen LogP contribution in [0.25, 0.3) is 0 Å². The van der Waals surface area contributed by atoms with E-state index in [1.807, 2.05) is 0 Å². The SMILES string of the molecule is NC(=O)CC1CCN(C(=O)CC2(C(=O)O)CCC2)CC1. The molecule has 3 N–H and O–H groups in total. The molecule has 1 aliphatic heterocycles. The molecular formula is C14H22N2O4. The fraction of sp³-hybridized carbons (Fsp3) is 0.786. The lowest BCUT2D eigenvalue weighted by Crippen LogP contribution is -2.46. The number of nitrogens with zero attached hydrogens (tertiary/aromatic N) is 1. The van der Waals surface area contributed by atoms with E-state index in [9.17, 15) is 19.5 Å². The number of nitrogens with two attached hydrogens (primary N) is 1. The minimum absolute atomic E-state index is 0.0652. The molecule has 6 nitrogen and oxygen atoms in total. The maximum atomic E-state index is 12.2. The van der Waals surface area contributed by atoms with E-state index in [2.05, 4.69) is 0 Å². The second-order valence-electron chi connectivity index (χ2n) is 6.11. The number of carbonyl (C=O) groups is 3. The molecule has 0 radical (unpaired) electrons. The van der Waals surface area contributed by atoms with Crippen LogP contribution in [0.15, 0.2) is 0 Å². The van der Waals surface area contributed by atoms with Gasteiger partial charge in [-0.3, -0.25) is 14.4 Å². The Morgan fingerprint density at radius 3 is 2.20 bits per heavy atom. The fourth-order valence-corrected chi connectivity index (χ4v) is 3.14. The van der Waals surface area contributed by atoms with E-state index < -0.39 is 11.4 Å². The summed E-state index contributed by atoms with van der Waals surface area (Å²) in [6.45, 7) is 1.21. The molecule has 0 spiro atoms. The Balaban J connectivity index is 1.83. The van der Waals surface area contributed by atoms with Crippen molar-refractivity contribution in [3.8, 4) is 0 Å². The zero-order valence-corrected chi connectivity index (χ0v) is 11.6. The van der Waals surface area contributed by atoms with Crippen LogP contribution in [0.3, 0.4) is 0 Å². The first-order chi connectivity index (χ1) is 9.43. The largest absolute Gasteiger partial charge is 0.481 e. The monoisotopic (exact) mass is 282 g/mol. The number of hydrogen-bond donors (Lipinski definition) is 2. The van der Waals surface area contributed by atoms with E-state index in [0.717, 1.165) is 19.3 Å². The summed E-state index contributed by atoms with van der Waals surface area (Å²) >= 11 is 0. The van der Waals surface area contributed by atoms with E-state index >= 15 is 0 Å². The minimum atomic E-state index is -0.847. The van der Waals surface area contributed by atoms with E-state index in [1.165, 1.54) is 0 Å². The Morgan fingerprint density at radius 1 is 1.20 bits per heavy atom. The summed E-state index contributed by atoms with van der Waals surface area (Å²) in [4.78, 5) is 36.1. The van der Waals surface area contributed by atoms with Crippen LogP contribution < -0.4 is 5.73 Å². The zero-order chi connectivity index (χ0) is 14.8. The topological polar surface area (TPSA) is 101 Å². The molecule has 2 fully saturated rings. The van der Waals surface area contributed by atoms with Gasteiger partial charge in [0, 0.05) is 25.9 Å². The van der Waals surface area contributed by atoms with Gasteiger partial charge >= 0.3 is 5.97 Å². The van der Waals surface area contributed by atoms with Gasteiger partial charge in [-0.25, -0.2) is 0 Å². The van der Waals surface area contributed by atoms with Crippen molar-refractivity contribution in [2.24, 2.45) is 17.1 Å². The molecule has 0 aromatic rings. The quantitative estimate of drug-likeness (QED) is 0.776. The molecule has 0 unspecified atom stereocenters. The Bertz CT molecular complexity index is 409. The summed E-state index contributed by atoms with van der Waals surface area (Å²) in [5.41, 5.74) is 4.36. The number of rotatable bonds is 5. The van der Waals surface area contributed by atoms with Crippen molar-refractivity contribution in [2.75, 3.05) is 13.1 Å². The molecule has 1 heterocycles. The normalized spacial score (nSPS) is 22.1. The van der Waals surface area contributed by atoms with Crippen LogP contribution in [0.5, 0.6) is 0 Å². The molecule has 112 valence electrons. The number of carbonyl (C=O) groups excluding carboxylic acids is 2. The van der Waals surface area contributed by atoms with Crippen molar-refractivity contribution in [1.82, 2.24) is 4.90 Å². The lowest BCUT2D eigenvalue weighted by molar-refractivity contribution is -0.159. The third kappa shape index (κ3) is 3.11. The smallest absolute Gasteiger partial charge is 0.310 e. The van der Waals surface area contributed by atoms with Crippen molar-refractivity contribution in [3.63, 3.8) is 0 Å². The number of amides is 2. The summed E-state index contributed by atoms with van der Waals surface area (Å²) in [5, 5.41) is 9.25. The third-order valence-corrected chi connectivity index (χ3v) is 4.71. The lowest BCUT2D eigenvalue weighted by atomic mass is 9.66. The highest BCUT2D eigenvalue weighted by Crippen LogP contribution is 2.44. The molecule has 2 aliphatic rings. The molecule has 0 aromatic heterocycles. The van der Waals surface area contributed by atoms with Crippen LogP contribution >= 0.6 is 0 Å². The first kappa shape index (κ1) is 14.8. The number of aliphatic carboxylic acids is 1. The Hall–Kier alpha value is -1.59. The van der Waals surface area contributed by atoms with Crippen LogP contribution in [-0.4, -0.2) is 40.9 Å². The van der Waals surface area contributed by atoms with E-state index in [1.54, 1.807) is 4.90 Å². The summed E-state index contributed by atoms with van der Waals surface area (Å²) < 4.78 is 0. The highest BCUT2D eigenvalue weighted by Gasteiger charge is 2.46. The molecule has 1 saturated carbocycles. The maximum absolute atomic E-state index is 12.2. The van der Waals surface area contributed by atoms with Gasteiger partial charge in [0.2, 0.25) is 11.8 Å².